The molecule has 0 aromatic carbocycles. The zero-order chi connectivity index (χ0) is 7.84. The molecule has 4 heteroatoms. The number of aromatic nitrogens is 2. The molecular weight excluding hydrogens is 206 g/mol. The van der Waals surface area contributed by atoms with E-state index < -0.39 is 0 Å². The maximum atomic E-state index is 4.10. The van der Waals surface area contributed by atoms with Gasteiger partial charge in [-0.3, -0.25) is 5.10 Å². The van der Waals surface area contributed by atoms with Gasteiger partial charge in [0.25, 0.3) is 0 Å². The van der Waals surface area contributed by atoms with Crippen LogP contribution >= 0.6 is 15.9 Å². The van der Waals surface area contributed by atoms with Gasteiger partial charge in [0.1, 0.15) is 4.60 Å². The van der Waals surface area contributed by atoms with E-state index in [0.29, 0.717) is 0 Å². The third-order valence-corrected chi connectivity index (χ3v) is 2.73. The van der Waals surface area contributed by atoms with Crippen LogP contribution in [-0.4, -0.2) is 28.7 Å². The van der Waals surface area contributed by atoms with Crippen molar-refractivity contribution in [2.45, 2.75) is 13.0 Å². The lowest BCUT2D eigenvalue weighted by Gasteiger charge is -2.21. The average Bonchev–Trinajstić information content (AvgIpc) is 2.33. The van der Waals surface area contributed by atoms with E-state index in [1.54, 1.807) is 0 Å². The van der Waals surface area contributed by atoms with Crippen molar-refractivity contribution >= 4 is 15.9 Å². The minimum Gasteiger partial charge on any atom is -0.302 e. The minimum absolute atomic E-state index is 0.971. The summed E-state index contributed by atoms with van der Waals surface area (Å²) in [5, 5.41) is 7.12. The number of hydrogen-bond donors (Lipinski definition) is 1. The smallest absolute Gasteiger partial charge is 0.132 e. The molecule has 1 aliphatic rings. The third kappa shape index (κ3) is 1.20. The monoisotopic (exact) mass is 215 g/mol. The Bertz CT molecular complexity index is 269. The van der Waals surface area contributed by atoms with E-state index in [4.69, 9.17) is 0 Å². The third-order valence-electron chi connectivity index (χ3n) is 2.07. The van der Waals surface area contributed by atoms with E-state index in [9.17, 15) is 0 Å². The molecule has 0 saturated heterocycles. The molecule has 3 nitrogen and oxygen atoms in total. The van der Waals surface area contributed by atoms with Crippen molar-refractivity contribution in [1.29, 1.82) is 0 Å². The summed E-state index contributed by atoms with van der Waals surface area (Å²) < 4.78 is 0.971. The number of aromatic amines is 1. The second-order valence-corrected chi connectivity index (χ2v) is 3.71. The van der Waals surface area contributed by atoms with Gasteiger partial charge < -0.3 is 4.90 Å². The maximum Gasteiger partial charge on any atom is 0.132 e. The number of hydrogen-bond acceptors (Lipinski definition) is 2. The van der Waals surface area contributed by atoms with Crippen LogP contribution in [-0.2, 0) is 13.0 Å². The second-order valence-electron chi connectivity index (χ2n) is 2.96. The van der Waals surface area contributed by atoms with Crippen molar-refractivity contribution in [1.82, 2.24) is 15.1 Å². The predicted octanol–water partition coefficient (Wildman–Crippen LogP) is 1.16. The summed E-state index contributed by atoms with van der Waals surface area (Å²) >= 11 is 3.41. The van der Waals surface area contributed by atoms with Crippen molar-refractivity contribution < 1.29 is 0 Å². The van der Waals surface area contributed by atoms with Crippen molar-refractivity contribution in [3.63, 3.8) is 0 Å². The molecular formula is C7H10BrN3. The number of rotatable bonds is 0. The van der Waals surface area contributed by atoms with Gasteiger partial charge in [-0.05, 0) is 23.0 Å². The first kappa shape index (κ1) is 7.31. The molecule has 0 saturated carbocycles. The first-order valence-corrected chi connectivity index (χ1v) is 4.47. The molecule has 0 unspecified atom stereocenters. The van der Waals surface area contributed by atoms with Gasteiger partial charge in [-0.25, -0.2) is 0 Å². The van der Waals surface area contributed by atoms with Gasteiger partial charge >= 0.3 is 0 Å². The summed E-state index contributed by atoms with van der Waals surface area (Å²) in [6.45, 7) is 2.13. The second kappa shape index (κ2) is 2.60. The maximum absolute atomic E-state index is 4.10. The van der Waals surface area contributed by atoms with Crippen LogP contribution in [0.25, 0.3) is 0 Å². The molecule has 11 heavy (non-hydrogen) atoms. The Kier molecular flexibility index (Phi) is 1.73. The van der Waals surface area contributed by atoms with E-state index in [-0.39, 0.29) is 0 Å². The molecule has 1 N–H and O–H groups in total. The average molecular weight is 216 g/mol. The SMILES string of the molecule is CN1CCc2[nH]nc(Br)c2C1. The fourth-order valence-corrected chi connectivity index (χ4v) is 1.85. The molecule has 0 fully saturated rings. The zero-order valence-electron chi connectivity index (χ0n) is 6.39. The van der Waals surface area contributed by atoms with Gasteiger partial charge in [0.15, 0.2) is 0 Å². The lowest BCUT2D eigenvalue weighted by molar-refractivity contribution is 0.311. The first-order chi connectivity index (χ1) is 5.27. The van der Waals surface area contributed by atoms with Gasteiger partial charge in [-0.1, -0.05) is 0 Å². The predicted molar refractivity (Wildman–Crippen MR) is 46.3 cm³/mol. The zero-order valence-corrected chi connectivity index (χ0v) is 7.98. The molecule has 1 aliphatic heterocycles. The normalized spacial score (nSPS) is 18.4. The largest absolute Gasteiger partial charge is 0.302 e. The van der Waals surface area contributed by atoms with Gasteiger partial charge in [0.2, 0.25) is 0 Å². The highest BCUT2D eigenvalue weighted by Crippen LogP contribution is 2.22. The van der Waals surface area contributed by atoms with Gasteiger partial charge in [-0.15, -0.1) is 0 Å². The molecule has 2 rings (SSSR count). The van der Waals surface area contributed by atoms with Crippen LogP contribution < -0.4 is 0 Å². The fraction of sp³-hybridized carbons (Fsp3) is 0.571. The van der Waals surface area contributed by atoms with Crippen LogP contribution in [0.4, 0.5) is 0 Å². The number of nitrogens with zero attached hydrogens (tertiary/aromatic N) is 2. The first-order valence-electron chi connectivity index (χ1n) is 3.67. The Morgan fingerprint density at radius 3 is 3.27 bits per heavy atom. The molecule has 1 aromatic rings. The highest BCUT2D eigenvalue weighted by atomic mass is 79.9. The Morgan fingerprint density at radius 1 is 1.64 bits per heavy atom. The number of H-pyrrole nitrogens is 1. The van der Waals surface area contributed by atoms with Crippen LogP contribution in [0.5, 0.6) is 0 Å². The van der Waals surface area contributed by atoms with Crippen LogP contribution in [0.1, 0.15) is 11.3 Å². The van der Waals surface area contributed by atoms with Gasteiger partial charge in [-0.2, -0.15) is 5.10 Å². The van der Waals surface area contributed by atoms with Crippen molar-refractivity contribution in [3.05, 3.63) is 15.9 Å². The molecule has 1 aromatic heterocycles. The van der Waals surface area contributed by atoms with Crippen LogP contribution in [0.2, 0.25) is 0 Å². The summed E-state index contributed by atoms with van der Waals surface area (Å²) in [6, 6.07) is 0. The quantitative estimate of drug-likeness (QED) is 0.705. The van der Waals surface area contributed by atoms with Crippen molar-refractivity contribution in [2.75, 3.05) is 13.6 Å². The summed E-state index contributed by atoms with van der Waals surface area (Å²) in [7, 11) is 2.13. The lowest BCUT2D eigenvalue weighted by Crippen LogP contribution is -2.26. The standard InChI is InChI=1S/C7H10BrN3/c1-11-3-2-6-5(4-11)7(8)10-9-6/h2-4H2,1H3,(H,9,10). The summed E-state index contributed by atoms with van der Waals surface area (Å²) in [5.74, 6) is 0. The topological polar surface area (TPSA) is 31.9 Å². The molecule has 0 atom stereocenters. The molecule has 2 heterocycles. The number of fused-ring (bicyclic) bond motifs is 1. The van der Waals surface area contributed by atoms with E-state index in [1.807, 2.05) is 0 Å². The van der Waals surface area contributed by atoms with Crippen molar-refractivity contribution in [3.8, 4) is 0 Å². The minimum atomic E-state index is 0.971. The number of halogens is 1. The highest BCUT2D eigenvalue weighted by molar-refractivity contribution is 9.10. The Labute approximate surface area is 73.9 Å². The number of nitrogens with one attached hydrogen (secondary N) is 1. The van der Waals surface area contributed by atoms with Crippen molar-refractivity contribution in [2.24, 2.45) is 0 Å². The lowest BCUT2D eigenvalue weighted by atomic mass is 10.1. The van der Waals surface area contributed by atoms with Gasteiger partial charge in [0, 0.05) is 30.8 Å². The summed E-state index contributed by atoms with van der Waals surface area (Å²) in [6.07, 6.45) is 1.09. The molecule has 0 bridgehead atoms. The Hall–Kier alpha value is -0.350. The van der Waals surface area contributed by atoms with E-state index in [2.05, 4.69) is 38.1 Å². The number of likely N-dealkylation sites (N-methyl/N-ethyl adjacent to an activating group) is 1. The van der Waals surface area contributed by atoms with Crippen LogP contribution in [0.3, 0.4) is 0 Å². The molecule has 0 amide bonds. The van der Waals surface area contributed by atoms with Crippen LogP contribution in [0.15, 0.2) is 4.60 Å². The fourth-order valence-electron chi connectivity index (χ4n) is 1.40. The van der Waals surface area contributed by atoms with Gasteiger partial charge in [0.05, 0.1) is 0 Å². The Balaban J connectivity index is 2.37. The molecule has 0 aliphatic carbocycles. The molecule has 60 valence electrons. The highest BCUT2D eigenvalue weighted by Gasteiger charge is 2.17. The molecule has 0 radical (unpaired) electrons. The van der Waals surface area contributed by atoms with Crippen LogP contribution in [0, 0.1) is 0 Å². The molecule has 0 spiro atoms. The van der Waals surface area contributed by atoms with E-state index in [0.717, 1.165) is 24.1 Å². The van der Waals surface area contributed by atoms with E-state index >= 15 is 0 Å². The Morgan fingerprint density at radius 2 is 2.45 bits per heavy atom. The van der Waals surface area contributed by atoms with E-state index in [1.165, 1.54) is 11.3 Å². The summed E-state index contributed by atoms with van der Waals surface area (Å²) in [5.41, 5.74) is 2.61. The summed E-state index contributed by atoms with van der Waals surface area (Å²) in [4.78, 5) is 2.29.